The monoisotopic (exact) mass is 360 g/mol. The van der Waals surface area contributed by atoms with Gasteiger partial charge in [-0.15, -0.1) is 10.2 Å². The van der Waals surface area contributed by atoms with Gasteiger partial charge in [-0.2, -0.15) is 0 Å². The topological polar surface area (TPSA) is 83.7 Å². The Bertz CT molecular complexity index is 879. The van der Waals surface area contributed by atoms with E-state index in [0.717, 1.165) is 0 Å². The average Bonchev–Trinajstić information content (AvgIpc) is 3.16. The molecule has 0 fully saturated rings. The van der Waals surface area contributed by atoms with E-state index in [2.05, 4.69) is 10.2 Å². The molecule has 0 N–H and O–H groups in total. The van der Waals surface area contributed by atoms with E-state index in [1.807, 2.05) is 0 Å². The van der Waals surface area contributed by atoms with Gasteiger partial charge < -0.3 is 18.6 Å². The Morgan fingerprint density at radius 1 is 1.12 bits per heavy atom. The summed E-state index contributed by atoms with van der Waals surface area (Å²) < 4.78 is 20.8. The fraction of sp³-hybridized carbons (Fsp3) is 0.118. The van der Waals surface area contributed by atoms with Gasteiger partial charge in [0, 0.05) is 5.56 Å². The fourth-order valence-corrected chi connectivity index (χ4v) is 2.45. The lowest BCUT2D eigenvalue weighted by Crippen LogP contribution is -2.09. The molecule has 3 rings (SSSR count). The summed E-state index contributed by atoms with van der Waals surface area (Å²) >= 11 is 6.10. The number of nitrogens with zero attached hydrogens (tertiary/aromatic N) is 2. The minimum absolute atomic E-state index is 0.239. The Labute approximate surface area is 148 Å². The maximum atomic E-state index is 12.3. The maximum absolute atomic E-state index is 12.3. The van der Waals surface area contributed by atoms with Crippen LogP contribution in [0.25, 0.3) is 11.5 Å². The lowest BCUT2D eigenvalue weighted by atomic mass is 10.2. The summed E-state index contributed by atoms with van der Waals surface area (Å²) in [6.07, 6.45) is 1.24. The highest BCUT2D eigenvalue weighted by Crippen LogP contribution is 2.36. The summed E-state index contributed by atoms with van der Waals surface area (Å²) in [6, 6.07) is 9.62. The fourth-order valence-electron chi connectivity index (χ4n) is 2.17. The lowest BCUT2D eigenvalue weighted by Gasteiger charge is -2.11. The molecule has 0 amide bonds. The smallest absolute Gasteiger partial charge is 0.343 e. The molecule has 3 aromatic rings. The van der Waals surface area contributed by atoms with Gasteiger partial charge in [-0.05, 0) is 36.4 Å². The molecule has 7 nitrogen and oxygen atoms in total. The molecule has 8 heteroatoms. The van der Waals surface area contributed by atoms with Crippen molar-refractivity contribution >= 4 is 17.6 Å². The minimum atomic E-state index is -0.576. The van der Waals surface area contributed by atoms with Gasteiger partial charge in [-0.1, -0.05) is 11.6 Å². The third kappa shape index (κ3) is 3.56. The van der Waals surface area contributed by atoms with Crippen LogP contribution in [0.5, 0.6) is 17.2 Å². The zero-order valence-corrected chi connectivity index (χ0v) is 14.1. The number of benzene rings is 2. The van der Waals surface area contributed by atoms with Crippen LogP contribution in [0.2, 0.25) is 5.02 Å². The normalized spacial score (nSPS) is 10.4. The van der Waals surface area contributed by atoms with Gasteiger partial charge in [-0.3, -0.25) is 0 Å². The van der Waals surface area contributed by atoms with Gasteiger partial charge in [0.05, 0.1) is 24.8 Å². The van der Waals surface area contributed by atoms with Crippen molar-refractivity contribution in [3.8, 4) is 28.7 Å². The van der Waals surface area contributed by atoms with Crippen LogP contribution in [-0.2, 0) is 0 Å². The van der Waals surface area contributed by atoms with Gasteiger partial charge in [0.2, 0.25) is 12.3 Å². The second kappa shape index (κ2) is 7.23. The molecule has 1 aromatic heterocycles. The number of halogens is 1. The summed E-state index contributed by atoms with van der Waals surface area (Å²) in [7, 11) is 2.92. The van der Waals surface area contributed by atoms with Crippen molar-refractivity contribution < 1.29 is 23.4 Å². The Morgan fingerprint density at radius 2 is 1.88 bits per heavy atom. The Balaban J connectivity index is 1.79. The van der Waals surface area contributed by atoms with Crippen LogP contribution in [0.3, 0.4) is 0 Å². The van der Waals surface area contributed by atoms with E-state index < -0.39 is 5.97 Å². The van der Waals surface area contributed by atoms with Crippen LogP contribution in [0.4, 0.5) is 0 Å². The number of hydrogen-bond donors (Lipinski definition) is 0. The summed E-state index contributed by atoms with van der Waals surface area (Å²) in [5, 5.41) is 7.67. The van der Waals surface area contributed by atoms with E-state index >= 15 is 0 Å². The standard InChI is InChI=1S/C17H13ClN2O5/c1-22-14-8-11(7-13(18)15(14)23-2)17(21)25-12-5-3-10(4-6-12)16-20-19-9-24-16/h3-9H,1-2H3. The quantitative estimate of drug-likeness (QED) is 0.507. The molecule has 0 radical (unpaired) electrons. The van der Waals surface area contributed by atoms with Crippen LogP contribution >= 0.6 is 11.6 Å². The third-order valence-electron chi connectivity index (χ3n) is 3.34. The predicted octanol–water partition coefficient (Wildman–Crippen LogP) is 3.63. The summed E-state index contributed by atoms with van der Waals surface area (Å²) in [5.74, 6) is 0.857. The van der Waals surface area contributed by atoms with E-state index in [0.29, 0.717) is 28.7 Å². The molecule has 25 heavy (non-hydrogen) atoms. The molecule has 0 aliphatic heterocycles. The second-order valence-corrected chi connectivity index (χ2v) is 5.26. The number of esters is 1. The Kier molecular flexibility index (Phi) is 4.85. The molecule has 0 atom stereocenters. The van der Waals surface area contributed by atoms with Gasteiger partial charge in [0.15, 0.2) is 11.5 Å². The van der Waals surface area contributed by atoms with E-state index in [1.165, 1.54) is 32.7 Å². The Morgan fingerprint density at radius 3 is 2.48 bits per heavy atom. The zero-order valence-electron chi connectivity index (χ0n) is 13.4. The second-order valence-electron chi connectivity index (χ2n) is 4.85. The van der Waals surface area contributed by atoms with Crippen molar-refractivity contribution in [3.63, 3.8) is 0 Å². The molecule has 0 saturated carbocycles. The highest BCUT2D eigenvalue weighted by molar-refractivity contribution is 6.32. The van der Waals surface area contributed by atoms with Gasteiger partial charge in [0.25, 0.3) is 0 Å². The molecule has 0 aliphatic rings. The van der Waals surface area contributed by atoms with Crippen LogP contribution in [0, 0.1) is 0 Å². The lowest BCUT2D eigenvalue weighted by molar-refractivity contribution is 0.0734. The SMILES string of the molecule is COc1cc(C(=O)Oc2ccc(-c3nnco3)cc2)cc(Cl)c1OC. The maximum Gasteiger partial charge on any atom is 0.343 e. The first kappa shape index (κ1) is 16.8. The van der Waals surface area contributed by atoms with Crippen molar-refractivity contribution in [3.05, 3.63) is 53.4 Å². The number of aromatic nitrogens is 2. The largest absolute Gasteiger partial charge is 0.493 e. The molecular formula is C17H13ClN2O5. The highest BCUT2D eigenvalue weighted by Gasteiger charge is 2.17. The molecular weight excluding hydrogens is 348 g/mol. The van der Waals surface area contributed by atoms with Crippen molar-refractivity contribution in [2.45, 2.75) is 0 Å². The van der Waals surface area contributed by atoms with Gasteiger partial charge >= 0.3 is 5.97 Å². The van der Waals surface area contributed by atoms with E-state index in [-0.39, 0.29) is 10.6 Å². The Hall–Kier alpha value is -3.06. The zero-order chi connectivity index (χ0) is 17.8. The number of ether oxygens (including phenoxy) is 3. The molecule has 0 aliphatic carbocycles. The van der Waals surface area contributed by atoms with Gasteiger partial charge in [0.1, 0.15) is 5.75 Å². The van der Waals surface area contributed by atoms with Crippen LogP contribution in [-0.4, -0.2) is 30.4 Å². The minimum Gasteiger partial charge on any atom is -0.493 e. The summed E-state index contributed by atoms with van der Waals surface area (Å²) in [5.41, 5.74) is 0.954. The molecule has 128 valence electrons. The predicted molar refractivity (Wildman–Crippen MR) is 89.2 cm³/mol. The summed E-state index contributed by atoms with van der Waals surface area (Å²) in [6.45, 7) is 0. The molecule has 0 bridgehead atoms. The van der Waals surface area contributed by atoms with Crippen molar-refractivity contribution in [2.24, 2.45) is 0 Å². The number of carbonyl (C=O) groups excluding carboxylic acids is 1. The van der Waals surface area contributed by atoms with Gasteiger partial charge in [-0.25, -0.2) is 4.79 Å². The highest BCUT2D eigenvalue weighted by atomic mass is 35.5. The van der Waals surface area contributed by atoms with E-state index in [1.54, 1.807) is 24.3 Å². The third-order valence-corrected chi connectivity index (χ3v) is 3.62. The first-order chi connectivity index (χ1) is 12.1. The number of rotatable bonds is 5. The van der Waals surface area contributed by atoms with Crippen LogP contribution in [0.1, 0.15) is 10.4 Å². The molecule has 0 spiro atoms. The average molecular weight is 361 g/mol. The van der Waals surface area contributed by atoms with Crippen LogP contribution in [0.15, 0.2) is 47.2 Å². The molecule has 2 aromatic carbocycles. The van der Waals surface area contributed by atoms with E-state index in [4.69, 9.17) is 30.2 Å². The van der Waals surface area contributed by atoms with Crippen molar-refractivity contribution in [2.75, 3.05) is 14.2 Å². The molecule has 0 unspecified atom stereocenters. The number of carbonyl (C=O) groups is 1. The number of methoxy groups -OCH3 is 2. The molecule has 1 heterocycles. The first-order valence-corrected chi connectivity index (χ1v) is 7.50. The molecule has 0 saturated heterocycles. The van der Waals surface area contributed by atoms with Crippen LogP contribution < -0.4 is 14.2 Å². The number of hydrogen-bond acceptors (Lipinski definition) is 7. The summed E-state index contributed by atoms with van der Waals surface area (Å²) in [4.78, 5) is 12.3. The van der Waals surface area contributed by atoms with Crippen molar-refractivity contribution in [1.82, 2.24) is 10.2 Å². The van der Waals surface area contributed by atoms with Crippen molar-refractivity contribution in [1.29, 1.82) is 0 Å². The van der Waals surface area contributed by atoms with E-state index in [9.17, 15) is 4.79 Å². The first-order valence-electron chi connectivity index (χ1n) is 7.12.